The molecule has 0 bridgehead atoms. The number of rotatable bonds is 6. The number of carbonyl (C=O) groups excluding carboxylic acids is 1. The van der Waals surface area contributed by atoms with Gasteiger partial charge in [-0.2, -0.15) is 0 Å². The first-order valence-electron chi connectivity index (χ1n) is 11.0. The summed E-state index contributed by atoms with van der Waals surface area (Å²) in [4.78, 5) is 26.7. The first-order chi connectivity index (χ1) is 14.9. The van der Waals surface area contributed by atoms with Crippen molar-refractivity contribution in [1.82, 2.24) is 5.32 Å². The number of furan rings is 1. The summed E-state index contributed by atoms with van der Waals surface area (Å²) in [6, 6.07) is 1.88. The van der Waals surface area contributed by atoms with Crippen LogP contribution in [0.3, 0.4) is 0 Å². The molecule has 3 heterocycles. The third kappa shape index (κ3) is 4.25. The summed E-state index contributed by atoms with van der Waals surface area (Å²) < 4.78 is 17.0. The highest BCUT2D eigenvalue weighted by Crippen LogP contribution is 2.35. The Morgan fingerprint density at radius 3 is 2.55 bits per heavy atom. The van der Waals surface area contributed by atoms with E-state index in [1.54, 1.807) is 0 Å². The zero-order valence-electron chi connectivity index (χ0n) is 18.8. The number of nitrogens with one attached hydrogen (secondary N) is 2. The van der Waals surface area contributed by atoms with Gasteiger partial charge in [0.25, 0.3) is 0 Å². The van der Waals surface area contributed by atoms with Crippen LogP contribution in [0.5, 0.6) is 0 Å². The molecule has 0 unspecified atom stereocenters. The maximum Gasteiger partial charge on any atom is 0.340 e. The van der Waals surface area contributed by atoms with Gasteiger partial charge in [0.05, 0.1) is 37.1 Å². The van der Waals surface area contributed by atoms with Gasteiger partial charge in [-0.1, -0.05) is 0 Å². The maximum absolute atomic E-state index is 12.7. The third-order valence-electron chi connectivity index (χ3n) is 6.44. The third-order valence-corrected chi connectivity index (χ3v) is 6.44. The van der Waals surface area contributed by atoms with E-state index in [1.807, 2.05) is 33.8 Å². The van der Waals surface area contributed by atoms with Crippen LogP contribution in [0.2, 0.25) is 0 Å². The van der Waals surface area contributed by atoms with Crippen molar-refractivity contribution in [1.29, 1.82) is 0 Å². The first kappa shape index (κ1) is 21.6. The molecule has 0 atom stereocenters. The second-order valence-electron chi connectivity index (χ2n) is 8.54. The summed E-state index contributed by atoms with van der Waals surface area (Å²) in [5, 5.41) is 4.76. The molecule has 4 rings (SSSR count). The number of quaternary nitrogens is 1. The molecule has 1 fully saturated rings. The smallest absolute Gasteiger partial charge is 0.340 e. The summed E-state index contributed by atoms with van der Waals surface area (Å²) in [6.45, 7) is 13.1. The minimum absolute atomic E-state index is 0.00254. The zero-order valence-corrected chi connectivity index (χ0v) is 18.8. The Labute approximate surface area is 181 Å². The van der Waals surface area contributed by atoms with Crippen LogP contribution in [0.15, 0.2) is 19.7 Å². The molecule has 2 aromatic heterocycles. The van der Waals surface area contributed by atoms with Gasteiger partial charge < -0.3 is 23.8 Å². The molecule has 166 valence electrons. The molecule has 0 saturated carbocycles. The van der Waals surface area contributed by atoms with Crippen LogP contribution in [-0.2, 0) is 16.0 Å². The lowest BCUT2D eigenvalue weighted by Gasteiger charge is -2.23. The van der Waals surface area contributed by atoms with Gasteiger partial charge in [0.1, 0.15) is 30.0 Å². The molecule has 1 aromatic carbocycles. The van der Waals surface area contributed by atoms with Crippen LogP contribution < -0.4 is 15.8 Å². The van der Waals surface area contributed by atoms with Crippen molar-refractivity contribution in [2.45, 2.75) is 40.5 Å². The van der Waals surface area contributed by atoms with Gasteiger partial charge in [0, 0.05) is 18.4 Å². The number of hydrogen-bond donors (Lipinski definition) is 2. The fourth-order valence-electron chi connectivity index (χ4n) is 4.54. The summed E-state index contributed by atoms with van der Waals surface area (Å²) in [5.41, 5.74) is 3.99. The number of fused-ring (bicyclic) bond motifs is 3. The molecule has 3 aromatic rings. The van der Waals surface area contributed by atoms with E-state index in [2.05, 4.69) is 5.32 Å². The van der Waals surface area contributed by atoms with E-state index < -0.39 is 5.63 Å². The summed E-state index contributed by atoms with van der Waals surface area (Å²) >= 11 is 0. The fourth-order valence-corrected chi connectivity index (χ4v) is 4.54. The molecule has 1 saturated heterocycles. The first-order valence-corrected chi connectivity index (χ1v) is 11.0. The maximum atomic E-state index is 12.7. The number of aryl methyl sites for hydroxylation is 4. The summed E-state index contributed by atoms with van der Waals surface area (Å²) in [7, 11) is 0. The van der Waals surface area contributed by atoms with Crippen LogP contribution in [0.4, 0.5) is 0 Å². The van der Waals surface area contributed by atoms with E-state index in [0.29, 0.717) is 17.7 Å². The van der Waals surface area contributed by atoms with Crippen LogP contribution in [0.1, 0.15) is 34.4 Å². The van der Waals surface area contributed by atoms with Crippen molar-refractivity contribution in [2.24, 2.45) is 0 Å². The normalized spacial score (nSPS) is 15.1. The standard InChI is InChI=1S/C24H30N2O5/c1-14-12-19-22(23-21(14)15(2)17(4)30-23)16(3)18(24(28)31-19)13-20(27)25-6-5-7-26-8-10-29-11-9-26/h12H,5-11,13H2,1-4H3,(H,25,27)/p+1. The molecular formula is C24H31N2O5+. The van der Waals surface area contributed by atoms with Crippen molar-refractivity contribution in [2.75, 3.05) is 39.4 Å². The Balaban J connectivity index is 1.53. The number of carbonyl (C=O) groups is 1. The van der Waals surface area contributed by atoms with Crippen LogP contribution >= 0.6 is 0 Å². The summed E-state index contributed by atoms with van der Waals surface area (Å²) in [5.74, 6) is 0.680. The van der Waals surface area contributed by atoms with E-state index in [-0.39, 0.29) is 12.3 Å². The average Bonchev–Trinajstić information content (AvgIpc) is 3.04. The predicted octanol–water partition coefficient (Wildman–Crippen LogP) is 1.74. The van der Waals surface area contributed by atoms with Crippen molar-refractivity contribution in [3.05, 3.63) is 44.5 Å². The number of benzene rings is 1. The average molecular weight is 428 g/mol. The van der Waals surface area contributed by atoms with Crippen molar-refractivity contribution >= 4 is 27.8 Å². The largest absolute Gasteiger partial charge is 0.460 e. The lowest BCUT2D eigenvalue weighted by molar-refractivity contribution is -0.908. The Hall–Kier alpha value is -2.64. The van der Waals surface area contributed by atoms with E-state index >= 15 is 0 Å². The number of amides is 1. The highest BCUT2D eigenvalue weighted by atomic mass is 16.5. The number of hydrogen-bond acceptors (Lipinski definition) is 5. The van der Waals surface area contributed by atoms with Gasteiger partial charge in [-0.25, -0.2) is 4.79 Å². The van der Waals surface area contributed by atoms with Crippen LogP contribution in [-0.4, -0.2) is 45.3 Å². The molecule has 2 N–H and O–H groups in total. The van der Waals surface area contributed by atoms with Gasteiger partial charge in [0.15, 0.2) is 0 Å². The molecule has 7 nitrogen and oxygen atoms in total. The van der Waals surface area contributed by atoms with Gasteiger partial charge >= 0.3 is 5.63 Å². The molecule has 0 radical (unpaired) electrons. The topological polar surface area (TPSA) is 86.1 Å². The number of morpholine rings is 1. The van der Waals surface area contributed by atoms with E-state index in [0.717, 1.165) is 78.1 Å². The lowest BCUT2D eigenvalue weighted by Crippen LogP contribution is -3.14. The molecule has 1 amide bonds. The summed E-state index contributed by atoms with van der Waals surface area (Å²) in [6.07, 6.45) is 0.903. The molecule has 1 aliphatic heterocycles. The SMILES string of the molecule is Cc1oc2c(c(C)cc3oc(=O)c(CC(=O)NCCC[NH+]4CCOCC4)c(C)c32)c1C. The van der Waals surface area contributed by atoms with Gasteiger partial charge in [-0.3, -0.25) is 4.79 Å². The van der Waals surface area contributed by atoms with Crippen molar-refractivity contribution in [3.8, 4) is 0 Å². The zero-order chi connectivity index (χ0) is 22.1. The predicted molar refractivity (Wildman–Crippen MR) is 119 cm³/mol. The van der Waals surface area contributed by atoms with Crippen molar-refractivity contribution in [3.63, 3.8) is 0 Å². The van der Waals surface area contributed by atoms with Crippen molar-refractivity contribution < 1.29 is 23.3 Å². The van der Waals surface area contributed by atoms with E-state index in [9.17, 15) is 9.59 Å². The quantitative estimate of drug-likeness (QED) is 0.462. The molecule has 1 aliphatic rings. The van der Waals surface area contributed by atoms with Crippen LogP contribution in [0.25, 0.3) is 21.9 Å². The Bertz CT molecular complexity index is 1180. The van der Waals surface area contributed by atoms with Crippen LogP contribution in [0, 0.1) is 27.7 Å². The highest BCUT2D eigenvalue weighted by Gasteiger charge is 2.21. The highest BCUT2D eigenvalue weighted by molar-refractivity contribution is 6.07. The Morgan fingerprint density at radius 1 is 1.06 bits per heavy atom. The molecule has 7 heteroatoms. The van der Waals surface area contributed by atoms with E-state index in [1.165, 1.54) is 4.90 Å². The van der Waals surface area contributed by atoms with E-state index in [4.69, 9.17) is 13.6 Å². The minimum atomic E-state index is -0.461. The molecular weight excluding hydrogens is 396 g/mol. The monoisotopic (exact) mass is 427 g/mol. The molecule has 0 spiro atoms. The van der Waals surface area contributed by atoms with Gasteiger partial charge in [-0.05, 0) is 50.5 Å². The number of ether oxygens (including phenoxy) is 1. The lowest BCUT2D eigenvalue weighted by atomic mass is 9.98. The molecule has 31 heavy (non-hydrogen) atoms. The Morgan fingerprint density at radius 2 is 1.81 bits per heavy atom. The minimum Gasteiger partial charge on any atom is -0.460 e. The van der Waals surface area contributed by atoms with Gasteiger partial charge in [0.2, 0.25) is 5.91 Å². The second-order valence-corrected chi connectivity index (χ2v) is 8.54. The van der Waals surface area contributed by atoms with Gasteiger partial charge in [-0.15, -0.1) is 0 Å². The Kier molecular flexibility index (Phi) is 6.16. The fraction of sp³-hybridized carbons (Fsp3) is 0.500. The molecule has 0 aliphatic carbocycles. The second kappa shape index (κ2) is 8.85.